The summed E-state index contributed by atoms with van der Waals surface area (Å²) in [5.74, 6) is 4.81. The van der Waals surface area contributed by atoms with Gasteiger partial charge in [0.2, 0.25) is 0 Å². The Morgan fingerprint density at radius 2 is 2.42 bits per heavy atom. The van der Waals surface area contributed by atoms with Crippen LogP contribution in [-0.2, 0) is 9.22 Å². The van der Waals surface area contributed by atoms with Crippen molar-refractivity contribution >= 4 is 12.8 Å². The van der Waals surface area contributed by atoms with Gasteiger partial charge in [0.15, 0.2) is 6.79 Å². The zero-order chi connectivity index (χ0) is 9.40. The van der Waals surface area contributed by atoms with E-state index in [9.17, 15) is 4.79 Å². The Morgan fingerprint density at radius 3 is 2.92 bits per heavy atom. The second-order valence-corrected chi connectivity index (χ2v) is 2.32. The van der Waals surface area contributed by atoms with E-state index < -0.39 is 6.10 Å². The Kier molecular flexibility index (Phi) is 5.94. The minimum absolute atomic E-state index is 0.284. The van der Waals surface area contributed by atoms with Crippen LogP contribution in [0.4, 0.5) is 0 Å². The largest absolute Gasteiger partial charge is 0.579 e. The first kappa shape index (κ1) is 10.9. The van der Waals surface area contributed by atoms with E-state index in [1.54, 1.807) is 6.92 Å². The van der Waals surface area contributed by atoms with E-state index in [1.807, 2.05) is 0 Å². The first-order valence-electron chi connectivity index (χ1n) is 3.76. The Morgan fingerprint density at radius 1 is 1.75 bits per heavy atom. The van der Waals surface area contributed by atoms with E-state index in [-0.39, 0.29) is 12.4 Å². The third-order valence-electron chi connectivity index (χ3n) is 1.33. The van der Waals surface area contributed by atoms with Crippen molar-refractivity contribution in [1.82, 2.24) is 0 Å². The first-order chi connectivity index (χ1) is 5.70. The lowest BCUT2D eigenvalue weighted by molar-refractivity contribution is -0.369. The number of hydrogen-bond donors (Lipinski definition) is 1. The highest BCUT2D eigenvalue weighted by molar-refractivity contribution is 5.66. The third kappa shape index (κ3) is 5.63. The maximum atomic E-state index is 10.5. The molecule has 1 atom stereocenters. The van der Waals surface area contributed by atoms with Crippen LogP contribution >= 0.6 is 0 Å². The molecule has 0 bridgehead atoms. The fourth-order valence-electron chi connectivity index (χ4n) is 0.751. The molecule has 3 heteroatoms. The Labute approximate surface area is 72.1 Å². The fourth-order valence-corrected chi connectivity index (χ4v) is 0.751. The van der Waals surface area contributed by atoms with Crippen LogP contribution in [0.1, 0.15) is 26.2 Å². The van der Waals surface area contributed by atoms with Gasteiger partial charge in [-0.05, 0) is 19.8 Å². The van der Waals surface area contributed by atoms with Gasteiger partial charge in [0, 0.05) is 4.79 Å². The van der Waals surface area contributed by atoms with E-state index >= 15 is 0 Å². The van der Waals surface area contributed by atoms with Gasteiger partial charge in [-0.2, -0.15) is 0 Å². The van der Waals surface area contributed by atoms with Gasteiger partial charge in [0.25, 0.3) is 0 Å². The quantitative estimate of drug-likeness (QED) is 0.490. The van der Waals surface area contributed by atoms with Crippen LogP contribution in [0.3, 0.4) is 0 Å². The lowest BCUT2D eigenvalue weighted by atomic mass is 10.1. The summed E-state index contributed by atoms with van der Waals surface area (Å²) in [6.45, 7) is 4.64. The molecule has 0 spiro atoms. The third-order valence-corrected chi connectivity index (χ3v) is 1.33. The van der Waals surface area contributed by atoms with Gasteiger partial charge in [-0.3, -0.25) is 4.42 Å². The highest BCUT2D eigenvalue weighted by Gasteiger charge is 2.11. The van der Waals surface area contributed by atoms with E-state index in [0.29, 0.717) is 12.8 Å². The summed E-state index contributed by atoms with van der Waals surface area (Å²) in [6, 6.07) is 0. The lowest BCUT2D eigenvalue weighted by Gasteiger charge is -1.97. The van der Waals surface area contributed by atoms with Crippen LogP contribution in [0.25, 0.3) is 0 Å². The summed E-state index contributed by atoms with van der Waals surface area (Å²) in [5, 5.41) is 9.09. The smallest absolute Gasteiger partial charge is 0.380 e. The van der Waals surface area contributed by atoms with Crippen LogP contribution < -0.4 is 0 Å². The van der Waals surface area contributed by atoms with Gasteiger partial charge in [-0.25, -0.2) is 0 Å². The van der Waals surface area contributed by atoms with Crippen molar-refractivity contribution in [1.29, 1.82) is 0 Å². The summed E-state index contributed by atoms with van der Waals surface area (Å²) in [7, 11) is 0. The molecule has 1 N–H and O–H groups in total. The Balaban J connectivity index is 3.47. The standard InChI is InChI=1S/C9H13O3/c1-3-5-8(10)6-4-7-9(11)12-2/h8,10H,2,4,6-7H2,1H3/q+1. The number of rotatable bonds is 4. The van der Waals surface area contributed by atoms with Crippen molar-refractivity contribution in [2.75, 3.05) is 0 Å². The highest BCUT2D eigenvalue weighted by atomic mass is 16.4. The average Bonchev–Trinajstić information content (AvgIpc) is 2.04. The zero-order valence-corrected chi connectivity index (χ0v) is 7.17. The summed E-state index contributed by atoms with van der Waals surface area (Å²) in [6.07, 6.45) is 0.721. The highest BCUT2D eigenvalue weighted by Crippen LogP contribution is 1.99. The summed E-state index contributed by atoms with van der Waals surface area (Å²) >= 11 is 0. The molecule has 0 radical (unpaired) electrons. The molecule has 12 heavy (non-hydrogen) atoms. The molecule has 0 fully saturated rings. The number of aliphatic hydroxyl groups is 1. The zero-order valence-electron chi connectivity index (χ0n) is 7.17. The van der Waals surface area contributed by atoms with Crippen molar-refractivity contribution < 1.29 is 14.3 Å². The fraction of sp³-hybridized carbons (Fsp3) is 0.556. The molecule has 1 unspecified atom stereocenters. The van der Waals surface area contributed by atoms with Crippen LogP contribution in [0.2, 0.25) is 0 Å². The molecule has 66 valence electrons. The second-order valence-electron chi connectivity index (χ2n) is 2.32. The maximum Gasteiger partial charge on any atom is 0.579 e. The molecule has 0 rings (SSSR count). The maximum absolute atomic E-state index is 10.5. The van der Waals surface area contributed by atoms with E-state index in [1.165, 1.54) is 0 Å². The molecule has 0 aliphatic rings. The van der Waals surface area contributed by atoms with Crippen LogP contribution in [0, 0.1) is 11.8 Å². The Hall–Kier alpha value is -1.14. The van der Waals surface area contributed by atoms with Crippen LogP contribution in [0.5, 0.6) is 0 Å². The van der Waals surface area contributed by atoms with Crippen molar-refractivity contribution in [3.63, 3.8) is 0 Å². The van der Waals surface area contributed by atoms with E-state index in [4.69, 9.17) is 5.11 Å². The number of aliphatic hydroxyl groups excluding tert-OH is 1. The van der Waals surface area contributed by atoms with Gasteiger partial charge in [-0.1, -0.05) is 5.92 Å². The van der Waals surface area contributed by atoms with Gasteiger partial charge in [-0.15, -0.1) is 5.92 Å². The van der Waals surface area contributed by atoms with Gasteiger partial charge < -0.3 is 5.11 Å². The molecule has 0 aliphatic heterocycles. The number of carbonyl (C=O) groups is 1. The van der Waals surface area contributed by atoms with Crippen LogP contribution in [-0.4, -0.2) is 24.0 Å². The minimum Gasteiger partial charge on any atom is -0.380 e. The van der Waals surface area contributed by atoms with Crippen molar-refractivity contribution in [3.8, 4) is 11.8 Å². The lowest BCUT2D eigenvalue weighted by Crippen LogP contribution is -2.04. The summed E-state index contributed by atoms with van der Waals surface area (Å²) in [4.78, 5) is 10.5. The molecule has 0 saturated heterocycles. The topological polar surface area (TPSA) is 48.6 Å². The molecule has 0 heterocycles. The molecule has 0 saturated carbocycles. The summed E-state index contributed by atoms with van der Waals surface area (Å²) < 4.78 is 4.19. The second kappa shape index (κ2) is 6.56. The SMILES string of the molecule is C=[O+]C(=O)CCCC(O)C#CC. The molecule has 0 aromatic heterocycles. The normalized spacial score (nSPS) is 11.2. The predicted molar refractivity (Wildman–Crippen MR) is 45.4 cm³/mol. The van der Waals surface area contributed by atoms with Crippen LogP contribution in [0.15, 0.2) is 0 Å². The number of hydrogen-bond acceptors (Lipinski definition) is 2. The molecule has 3 nitrogen and oxygen atoms in total. The molecule has 0 amide bonds. The molecular formula is C9H13O3+. The molecule has 0 aliphatic carbocycles. The van der Waals surface area contributed by atoms with Gasteiger partial charge >= 0.3 is 5.97 Å². The van der Waals surface area contributed by atoms with E-state index in [2.05, 4.69) is 23.1 Å². The average molecular weight is 169 g/mol. The first-order valence-corrected chi connectivity index (χ1v) is 3.76. The van der Waals surface area contributed by atoms with E-state index in [0.717, 1.165) is 0 Å². The Bertz CT molecular complexity index is 210. The van der Waals surface area contributed by atoms with Crippen molar-refractivity contribution in [3.05, 3.63) is 0 Å². The molecular weight excluding hydrogens is 156 g/mol. The van der Waals surface area contributed by atoms with Gasteiger partial charge in [0.1, 0.15) is 12.5 Å². The van der Waals surface area contributed by atoms with Crippen molar-refractivity contribution in [2.45, 2.75) is 32.3 Å². The molecule has 0 aromatic rings. The predicted octanol–water partition coefficient (Wildman–Crippen LogP) is 0.432. The number of carbonyl (C=O) groups excluding carboxylic acids is 2. The molecule has 0 aromatic carbocycles. The van der Waals surface area contributed by atoms with Gasteiger partial charge in [0.05, 0.1) is 0 Å². The monoisotopic (exact) mass is 169 g/mol. The van der Waals surface area contributed by atoms with Crippen molar-refractivity contribution in [2.24, 2.45) is 0 Å². The minimum atomic E-state index is -0.632. The summed E-state index contributed by atoms with van der Waals surface area (Å²) in [5.41, 5.74) is 0.